The normalized spacial score (nSPS) is 12.0. The summed E-state index contributed by atoms with van der Waals surface area (Å²) in [6.07, 6.45) is 7.08. The minimum atomic E-state index is -0.724. The highest BCUT2D eigenvalue weighted by atomic mass is 16.4. The van der Waals surface area contributed by atoms with E-state index >= 15 is 0 Å². The largest absolute Gasteiger partial charge is 0.481 e. The molecule has 1 atom stereocenters. The molecule has 3 heteroatoms. The van der Waals surface area contributed by atoms with Crippen LogP contribution >= 0.6 is 0 Å². The molecule has 0 saturated heterocycles. The Morgan fingerprint density at radius 3 is 2.47 bits per heavy atom. The van der Waals surface area contributed by atoms with Gasteiger partial charge in [0.05, 0.1) is 6.07 Å². The van der Waals surface area contributed by atoms with E-state index in [0.29, 0.717) is 0 Å². The highest BCUT2D eigenvalue weighted by Crippen LogP contribution is 2.16. The number of carboxylic acids is 1. The smallest absolute Gasteiger partial charge is 0.303 e. The Labute approximate surface area is 92.1 Å². The Bertz CT molecular complexity index is 208. The first-order valence-electron chi connectivity index (χ1n) is 5.82. The van der Waals surface area contributed by atoms with Gasteiger partial charge in [-0.3, -0.25) is 4.79 Å². The van der Waals surface area contributed by atoms with Gasteiger partial charge in [0.2, 0.25) is 0 Å². The molecule has 0 fully saturated rings. The quantitative estimate of drug-likeness (QED) is 0.595. The van der Waals surface area contributed by atoms with E-state index in [1.165, 1.54) is 0 Å². The van der Waals surface area contributed by atoms with Gasteiger partial charge in [0.15, 0.2) is 0 Å². The van der Waals surface area contributed by atoms with Gasteiger partial charge in [-0.1, -0.05) is 32.6 Å². The van der Waals surface area contributed by atoms with Crippen molar-refractivity contribution < 1.29 is 9.90 Å². The van der Waals surface area contributed by atoms with Crippen molar-refractivity contribution in [2.24, 2.45) is 5.92 Å². The maximum absolute atomic E-state index is 10.2. The van der Waals surface area contributed by atoms with Crippen LogP contribution < -0.4 is 0 Å². The van der Waals surface area contributed by atoms with Gasteiger partial charge in [-0.2, -0.15) is 5.26 Å². The summed E-state index contributed by atoms with van der Waals surface area (Å²) in [5, 5.41) is 17.3. The maximum atomic E-state index is 10.2. The number of carbonyl (C=O) groups is 1. The summed E-state index contributed by atoms with van der Waals surface area (Å²) in [5.74, 6) is -0.549. The van der Waals surface area contributed by atoms with Crippen molar-refractivity contribution in [2.75, 3.05) is 0 Å². The Morgan fingerprint density at radius 2 is 1.93 bits per heavy atom. The fourth-order valence-electron chi connectivity index (χ4n) is 1.57. The summed E-state index contributed by atoms with van der Waals surface area (Å²) >= 11 is 0. The highest BCUT2D eigenvalue weighted by Gasteiger charge is 2.06. The number of hydrogen-bond acceptors (Lipinski definition) is 2. The summed E-state index contributed by atoms with van der Waals surface area (Å²) in [5.41, 5.74) is 0. The molecule has 0 aliphatic heterocycles. The van der Waals surface area contributed by atoms with Gasteiger partial charge < -0.3 is 5.11 Å². The molecular weight excluding hydrogens is 190 g/mol. The molecular formula is C12H21NO2. The third-order valence-electron chi connectivity index (χ3n) is 2.53. The first-order chi connectivity index (χ1) is 7.20. The molecule has 0 aliphatic carbocycles. The lowest BCUT2D eigenvalue weighted by Crippen LogP contribution is -1.98. The predicted octanol–water partition coefficient (Wildman–Crippen LogP) is 3.35. The predicted molar refractivity (Wildman–Crippen MR) is 59.3 cm³/mol. The molecule has 0 radical (unpaired) electrons. The zero-order chi connectivity index (χ0) is 11.5. The molecule has 0 heterocycles. The minimum Gasteiger partial charge on any atom is -0.481 e. The van der Waals surface area contributed by atoms with Crippen molar-refractivity contribution in [3.05, 3.63) is 0 Å². The Morgan fingerprint density at radius 1 is 1.27 bits per heavy atom. The Kier molecular flexibility index (Phi) is 8.85. The summed E-state index contributed by atoms with van der Waals surface area (Å²) in [4.78, 5) is 10.2. The van der Waals surface area contributed by atoms with E-state index in [-0.39, 0.29) is 12.3 Å². The molecule has 0 saturated carbocycles. The topological polar surface area (TPSA) is 61.1 Å². The summed E-state index contributed by atoms with van der Waals surface area (Å²) in [6, 6.07) is 2.32. The Balaban J connectivity index is 3.39. The number of unbranched alkanes of at least 4 members (excludes halogenated alkanes) is 3. The maximum Gasteiger partial charge on any atom is 0.303 e. The van der Waals surface area contributed by atoms with E-state index in [4.69, 9.17) is 10.4 Å². The van der Waals surface area contributed by atoms with Crippen LogP contribution in [0.4, 0.5) is 0 Å². The molecule has 3 nitrogen and oxygen atoms in total. The summed E-state index contributed by atoms with van der Waals surface area (Å²) < 4.78 is 0. The van der Waals surface area contributed by atoms with Crippen LogP contribution in [0.15, 0.2) is 0 Å². The molecule has 0 rings (SSSR count). The van der Waals surface area contributed by atoms with Gasteiger partial charge in [0.1, 0.15) is 0 Å². The number of nitrogens with zero attached hydrogens (tertiary/aromatic N) is 1. The van der Waals surface area contributed by atoms with Gasteiger partial charge in [0, 0.05) is 12.3 Å². The van der Waals surface area contributed by atoms with E-state index in [0.717, 1.165) is 44.9 Å². The van der Waals surface area contributed by atoms with Crippen LogP contribution in [0.5, 0.6) is 0 Å². The van der Waals surface area contributed by atoms with Gasteiger partial charge >= 0.3 is 5.97 Å². The first-order valence-corrected chi connectivity index (χ1v) is 5.82. The van der Waals surface area contributed by atoms with Crippen molar-refractivity contribution in [1.29, 1.82) is 5.26 Å². The first kappa shape index (κ1) is 14.0. The van der Waals surface area contributed by atoms with E-state index in [2.05, 4.69) is 13.0 Å². The fourth-order valence-corrected chi connectivity index (χ4v) is 1.57. The van der Waals surface area contributed by atoms with Gasteiger partial charge in [0.25, 0.3) is 0 Å². The summed E-state index contributed by atoms with van der Waals surface area (Å²) in [7, 11) is 0. The summed E-state index contributed by atoms with van der Waals surface area (Å²) in [6.45, 7) is 2.13. The molecule has 0 aromatic rings. The standard InChI is InChI=1S/C12H21NO2/c1-2-3-7-11(10-13)8-5-4-6-9-12(14)15/h11H,2-9H2,1H3,(H,14,15). The second-order valence-electron chi connectivity index (χ2n) is 3.96. The second kappa shape index (κ2) is 9.51. The molecule has 86 valence electrons. The van der Waals surface area contributed by atoms with Crippen LogP contribution in [0.2, 0.25) is 0 Å². The number of aliphatic carboxylic acids is 1. The van der Waals surface area contributed by atoms with Crippen LogP contribution in [-0.4, -0.2) is 11.1 Å². The van der Waals surface area contributed by atoms with Gasteiger partial charge in [-0.05, 0) is 19.3 Å². The van der Waals surface area contributed by atoms with Crippen molar-refractivity contribution in [2.45, 2.75) is 58.3 Å². The van der Waals surface area contributed by atoms with Crippen LogP contribution in [-0.2, 0) is 4.79 Å². The van der Waals surface area contributed by atoms with Crippen LogP contribution in [0.25, 0.3) is 0 Å². The van der Waals surface area contributed by atoms with Crippen molar-refractivity contribution in [3.63, 3.8) is 0 Å². The second-order valence-corrected chi connectivity index (χ2v) is 3.96. The molecule has 0 aromatic carbocycles. The third-order valence-corrected chi connectivity index (χ3v) is 2.53. The number of hydrogen-bond donors (Lipinski definition) is 1. The molecule has 0 aliphatic rings. The number of carboxylic acid groups (broad SMARTS) is 1. The zero-order valence-electron chi connectivity index (χ0n) is 9.54. The number of nitriles is 1. The lowest BCUT2D eigenvalue weighted by molar-refractivity contribution is -0.137. The molecule has 0 spiro atoms. The molecule has 0 aromatic heterocycles. The van der Waals surface area contributed by atoms with Crippen LogP contribution in [0.3, 0.4) is 0 Å². The SMILES string of the molecule is CCCCC(C#N)CCCCCC(=O)O. The van der Waals surface area contributed by atoms with E-state index in [1.807, 2.05) is 0 Å². The minimum absolute atomic E-state index is 0.176. The molecule has 15 heavy (non-hydrogen) atoms. The van der Waals surface area contributed by atoms with Crippen molar-refractivity contribution >= 4 is 5.97 Å². The monoisotopic (exact) mass is 211 g/mol. The lowest BCUT2D eigenvalue weighted by Gasteiger charge is -2.07. The van der Waals surface area contributed by atoms with Crippen LogP contribution in [0.1, 0.15) is 58.3 Å². The molecule has 0 bridgehead atoms. The van der Waals surface area contributed by atoms with E-state index in [1.54, 1.807) is 0 Å². The van der Waals surface area contributed by atoms with E-state index in [9.17, 15) is 4.79 Å². The van der Waals surface area contributed by atoms with Crippen molar-refractivity contribution in [3.8, 4) is 6.07 Å². The van der Waals surface area contributed by atoms with Gasteiger partial charge in [-0.25, -0.2) is 0 Å². The molecule has 0 amide bonds. The number of rotatable bonds is 9. The van der Waals surface area contributed by atoms with Crippen molar-refractivity contribution in [1.82, 2.24) is 0 Å². The molecule has 1 N–H and O–H groups in total. The lowest BCUT2D eigenvalue weighted by atomic mass is 9.97. The highest BCUT2D eigenvalue weighted by molar-refractivity contribution is 5.66. The fraction of sp³-hybridized carbons (Fsp3) is 0.833. The van der Waals surface area contributed by atoms with Crippen LogP contribution in [0, 0.1) is 17.2 Å². The molecule has 1 unspecified atom stereocenters. The van der Waals surface area contributed by atoms with E-state index < -0.39 is 5.97 Å². The third kappa shape index (κ3) is 9.27. The Hall–Kier alpha value is -1.04. The average molecular weight is 211 g/mol. The zero-order valence-corrected chi connectivity index (χ0v) is 9.54. The average Bonchev–Trinajstić information content (AvgIpc) is 2.21. The van der Waals surface area contributed by atoms with Gasteiger partial charge in [-0.15, -0.1) is 0 Å².